The molecule has 7 heteroatoms. The Kier molecular flexibility index (Phi) is 5.64. The van der Waals surface area contributed by atoms with Gasteiger partial charge in [-0.15, -0.1) is 11.3 Å². The van der Waals surface area contributed by atoms with E-state index in [-0.39, 0.29) is 17.9 Å². The summed E-state index contributed by atoms with van der Waals surface area (Å²) in [5.74, 6) is 0.827. The summed E-state index contributed by atoms with van der Waals surface area (Å²) in [6.07, 6.45) is 0.393. The highest BCUT2D eigenvalue weighted by Crippen LogP contribution is 2.27. The van der Waals surface area contributed by atoms with Gasteiger partial charge < -0.3 is 19.3 Å². The molecule has 4 rings (SSSR count). The molecule has 0 spiro atoms. The van der Waals surface area contributed by atoms with E-state index in [4.69, 9.17) is 9.47 Å². The van der Waals surface area contributed by atoms with Crippen molar-refractivity contribution in [1.29, 1.82) is 0 Å². The molecular weight excluding hydrogens is 376 g/mol. The molecule has 28 heavy (non-hydrogen) atoms. The molecule has 2 aliphatic rings. The summed E-state index contributed by atoms with van der Waals surface area (Å²) >= 11 is 1.59. The maximum Gasteiger partial charge on any atom is 0.254 e. The SMILES string of the molecule is C[C@H]1COc2ccc(C(=O)N3CCOCC3)cc2CN1C(=O)Cc1cccs1. The van der Waals surface area contributed by atoms with E-state index in [9.17, 15) is 9.59 Å². The largest absolute Gasteiger partial charge is 0.491 e. The van der Waals surface area contributed by atoms with Gasteiger partial charge in [-0.25, -0.2) is 0 Å². The standard InChI is InChI=1S/C21H24N2O4S/c1-15-14-27-19-5-4-16(21(25)22-6-8-26-9-7-22)11-17(19)13-23(15)20(24)12-18-3-2-10-28-18/h2-5,10-11,15H,6-9,12-14H2,1H3/t15-/m0/s1. The number of hydrogen-bond donors (Lipinski definition) is 0. The van der Waals surface area contributed by atoms with Gasteiger partial charge in [0.15, 0.2) is 0 Å². The van der Waals surface area contributed by atoms with Gasteiger partial charge in [0.05, 0.1) is 25.7 Å². The molecule has 1 aromatic carbocycles. The highest BCUT2D eigenvalue weighted by molar-refractivity contribution is 7.10. The zero-order valence-corrected chi connectivity index (χ0v) is 16.7. The Labute approximate surface area is 168 Å². The zero-order chi connectivity index (χ0) is 19.5. The number of morpholine rings is 1. The number of carbonyl (C=O) groups is 2. The van der Waals surface area contributed by atoms with Crippen molar-refractivity contribution >= 4 is 23.2 Å². The van der Waals surface area contributed by atoms with E-state index < -0.39 is 0 Å². The van der Waals surface area contributed by atoms with E-state index >= 15 is 0 Å². The van der Waals surface area contributed by atoms with Crippen molar-refractivity contribution in [1.82, 2.24) is 9.80 Å². The molecule has 1 fully saturated rings. The lowest BCUT2D eigenvalue weighted by Gasteiger charge is -2.27. The van der Waals surface area contributed by atoms with Crippen LogP contribution in [0.4, 0.5) is 0 Å². The Morgan fingerprint density at radius 2 is 2.04 bits per heavy atom. The fraction of sp³-hybridized carbons (Fsp3) is 0.429. The third kappa shape index (κ3) is 4.05. The average Bonchev–Trinajstić information content (AvgIpc) is 3.17. The van der Waals surface area contributed by atoms with Crippen molar-refractivity contribution in [3.8, 4) is 5.75 Å². The number of ether oxygens (including phenoxy) is 2. The van der Waals surface area contributed by atoms with Gasteiger partial charge in [0, 0.05) is 35.6 Å². The molecule has 2 aromatic rings. The molecule has 2 amide bonds. The van der Waals surface area contributed by atoms with E-state index in [0.29, 0.717) is 51.4 Å². The Bertz CT molecular complexity index is 846. The molecule has 6 nitrogen and oxygen atoms in total. The summed E-state index contributed by atoms with van der Waals surface area (Å²) in [4.78, 5) is 30.4. The van der Waals surface area contributed by atoms with Gasteiger partial charge in [-0.1, -0.05) is 6.07 Å². The van der Waals surface area contributed by atoms with Crippen LogP contribution in [0.15, 0.2) is 35.7 Å². The first kappa shape index (κ1) is 19.0. The first-order valence-corrected chi connectivity index (χ1v) is 10.4. The first-order valence-electron chi connectivity index (χ1n) is 9.56. The molecule has 3 heterocycles. The summed E-state index contributed by atoms with van der Waals surface area (Å²) in [5, 5.41) is 1.98. The minimum Gasteiger partial charge on any atom is -0.491 e. The number of rotatable bonds is 3. The maximum absolute atomic E-state index is 12.9. The molecule has 1 aromatic heterocycles. The highest BCUT2D eigenvalue weighted by Gasteiger charge is 2.27. The topological polar surface area (TPSA) is 59.1 Å². The highest BCUT2D eigenvalue weighted by atomic mass is 32.1. The van der Waals surface area contributed by atoms with E-state index in [2.05, 4.69) is 0 Å². The van der Waals surface area contributed by atoms with Crippen LogP contribution in [0, 0.1) is 0 Å². The normalized spacial score (nSPS) is 19.5. The van der Waals surface area contributed by atoms with Gasteiger partial charge in [0.2, 0.25) is 5.91 Å². The molecule has 0 saturated carbocycles. The molecule has 2 aliphatic heterocycles. The van der Waals surface area contributed by atoms with Crippen molar-refractivity contribution in [2.24, 2.45) is 0 Å². The van der Waals surface area contributed by atoms with Gasteiger partial charge in [-0.3, -0.25) is 9.59 Å². The molecule has 1 saturated heterocycles. The Balaban J connectivity index is 1.54. The molecular formula is C21H24N2O4S. The van der Waals surface area contributed by atoms with Crippen molar-refractivity contribution in [3.05, 3.63) is 51.7 Å². The predicted molar refractivity (Wildman–Crippen MR) is 107 cm³/mol. The molecule has 0 N–H and O–H groups in total. The van der Waals surface area contributed by atoms with Gasteiger partial charge in [0.1, 0.15) is 12.4 Å². The van der Waals surface area contributed by atoms with Crippen molar-refractivity contribution < 1.29 is 19.1 Å². The number of nitrogens with zero attached hydrogens (tertiary/aromatic N) is 2. The van der Waals surface area contributed by atoms with Crippen LogP contribution in [0.2, 0.25) is 0 Å². The number of benzene rings is 1. The summed E-state index contributed by atoms with van der Waals surface area (Å²) in [7, 11) is 0. The zero-order valence-electron chi connectivity index (χ0n) is 15.9. The number of thiophene rings is 1. The molecule has 0 radical (unpaired) electrons. The van der Waals surface area contributed by atoms with Gasteiger partial charge in [0.25, 0.3) is 5.91 Å². The van der Waals surface area contributed by atoms with Crippen molar-refractivity contribution in [2.75, 3.05) is 32.9 Å². The summed E-state index contributed by atoms with van der Waals surface area (Å²) in [6, 6.07) is 9.44. The molecule has 148 valence electrons. The maximum atomic E-state index is 12.9. The van der Waals surface area contributed by atoms with Crippen LogP contribution in [-0.4, -0.2) is 60.6 Å². The molecule has 0 aliphatic carbocycles. The fourth-order valence-corrected chi connectivity index (χ4v) is 4.26. The van der Waals surface area contributed by atoms with E-state index in [1.165, 1.54) is 0 Å². The molecule has 0 bridgehead atoms. The quantitative estimate of drug-likeness (QED) is 0.795. The van der Waals surface area contributed by atoms with Crippen LogP contribution in [0.1, 0.15) is 27.7 Å². The van der Waals surface area contributed by atoms with Crippen LogP contribution >= 0.6 is 11.3 Å². The van der Waals surface area contributed by atoms with Crippen LogP contribution < -0.4 is 4.74 Å². The second kappa shape index (κ2) is 8.32. The van der Waals surface area contributed by atoms with Crippen molar-refractivity contribution in [3.63, 3.8) is 0 Å². The summed E-state index contributed by atoms with van der Waals surface area (Å²) in [6.45, 7) is 5.25. The molecule has 0 unspecified atom stereocenters. The average molecular weight is 401 g/mol. The number of hydrogen-bond acceptors (Lipinski definition) is 5. The second-order valence-electron chi connectivity index (χ2n) is 7.16. The van der Waals surface area contributed by atoms with Crippen LogP contribution in [0.25, 0.3) is 0 Å². The monoisotopic (exact) mass is 400 g/mol. The van der Waals surface area contributed by atoms with E-state index in [1.807, 2.05) is 52.4 Å². The minimum absolute atomic E-state index is 0.000132. The van der Waals surface area contributed by atoms with Gasteiger partial charge in [-0.05, 0) is 36.6 Å². The van der Waals surface area contributed by atoms with Crippen molar-refractivity contribution in [2.45, 2.75) is 25.9 Å². The smallest absolute Gasteiger partial charge is 0.254 e. The predicted octanol–water partition coefficient (Wildman–Crippen LogP) is 2.57. The van der Waals surface area contributed by atoms with Gasteiger partial charge >= 0.3 is 0 Å². The summed E-state index contributed by atoms with van der Waals surface area (Å²) in [5.41, 5.74) is 1.51. The van der Waals surface area contributed by atoms with Crippen LogP contribution in [-0.2, 0) is 22.5 Å². The van der Waals surface area contributed by atoms with Crippen LogP contribution in [0.3, 0.4) is 0 Å². The van der Waals surface area contributed by atoms with E-state index in [0.717, 1.165) is 16.2 Å². The Morgan fingerprint density at radius 1 is 1.21 bits per heavy atom. The third-order valence-electron chi connectivity index (χ3n) is 5.18. The van der Waals surface area contributed by atoms with Crippen LogP contribution in [0.5, 0.6) is 5.75 Å². The lowest BCUT2D eigenvalue weighted by molar-refractivity contribution is -0.133. The first-order chi connectivity index (χ1) is 13.6. The van der Waals surface area contributed by atoms with E-state index in [1.54, 1.807) is 11.3 Å². The number of amides is 2. The number of fused-ring (bicyclic) bond motifs is 1. The fourth-order valence-electron chi connectivity index (χ4n) is 3.56. The minimum atomic E-state index is -0.0294. The van der Waals surface area contributed by atoms with Gasteiger partial charge in [-0.2, -0.15) is 0 Å². The Morgan fingerprint density at radius 3 is 2.79 bits per heavy atom. The summed E-state index contributed by atoms with van der Waals surface area (Å²) < 4.78 is 11.3. The third-order valence-corrected chi connectivity index (χ3v) is 6.06. The Hall–Kier alpha value is -2.38. The molecule has 1 atom stereocenters. The number of carbonyl (C=O) groups excluding carboxylic acids is 2. The lowest BCUT2D eigenvalue weighted by Crippen LogP contribution is -2.41. The lowest BCUT2D eigenvalue weighted by atomic mass is 10.1. The second-order valence-corrected chi connectivity index (χ2v) is 8.20.